The Morgan fingerprint density at radius 3 is 1.64 bits per heavy atom. The molecule has 2 aromatic heterocycles. The van der Waals surface area contributed by atoms with Crippen LogP contribution in [0.2, 0.25) is 10.0 Å². The van der Waals surface area contributed by atoms with Gasteiger partial charge in [-0.15, -0.1) is 0 Å². The van der Waals surface area contributed by atoms with E-state index in [4.69, 9.17) is 46.1 Å². The number of carboxylic acids is 1. The molecule has 0 aliphatic carbocycles. The Balaban J connectivity index is 0.000000212. The van der Waals surface area contributed by atoms with Gasteiger partial charge in [-0.2, -0.15) is 18.6 Å². The first-order valence-electron chi connectivity index (χ1n) is 16.9. The Bertz CT molecular complexity index is 2430. The maximum absolute atomic E-state index is 13.3. The van der Waals surface area contributed by atoms with Gasteiger partial charge in [0.15, 0.2) is 23.6 Å². The molecule has 1 amide bonds. The summed E-state index contributed by atoms with van der Waals surface area (Å²) >= 11 is 12.3. The Morgan fingerprint density at radius 2 is 1.22 bits per heavy atom. The number of pyridine rings is 2. The number of rotatable bonds is 10. The van der Waals surface area contributed by atoms with Crippen LogP contribution < -0.4 is 28.3 Å². The molecule has 55 heavy (non-hydrogen) atoms. The number of hydrogen-bond acceptors (Lipinski definition) is 10. The predicted octanol–water partition coefficient (Wildman–Crippen LogP) is 2.50. The van der Waals surface area contributed by atoms with Crippen molar-refractivity contribution >= 4 is 100 Å². The summed E-state index contributed by atoms with van der Waals surface area (Å²) in [6.07, 6.45) is 5.39. The van der Waals surface area contributed by atoms with Crippen LogP contribution in [0.4, 0.5) is 11.6 Å². The number of carbonyl (C=O) groups excluding carboxylic acids is 1. The third kappa shape index (κ3) is 8.84. The third-order valence-corrected chi connectivity index (χ3v) is 13.2. The number of carboxylic acid groups (broad SMARTS) is 1. The van der Waals surface area contributed by atoms with E-state index in [2.05, 4.69) is 25.3 Å². The number of nitrogens with zero attached hydrogens (tertiary/aromatic N) is 6. The van der Waals surface area contributed by atoms with Crippen molar-refractivity contribution in [2.24, 2.45) is 32.9 Å². The highest BCUT2D eigenvalue weighted by atomic mass is 35.5. The summed E-state index contributed by atoms with van der Waals surface area (Å²) in [5.41, 5.74) is 21.7. The number of aromatic nitrogens is 2. The fraction of sp³-hybridized carbons (Fsp3) is 0.333. The Morgan fingerprint density at radius 1 is 0.782 bits per heavy atom. The topological polar surface area (TPSA) is 296 Å². The summed E-state index contributed by atoms with van der Waals surface area (Å²) in [7, 11) is -7.93. The van der Waals surface area contributed by atoms with E-state index in [0.717, 1.165) is 10.7 Å². The van der Waals surface area contributed by atoms with Crippen molar-refractivity contribution in [1.82, 2.24) is 23.9 Å². The van der Waals surface area contributed by atoms with Gasteiger partial charge in [0.2, 0.25) is 26.0 Å². The standard InChI is InChI=1S/C18H23ClN6O3S.C15H16ClN5O4S/c1-2-7-22-17(26)15-4-3-8-25(15)29(27,28)11-5-6-12-13(9-11)16(24-18(20)21)23-10-14(12)19;16-11-7-19-13(20-15(17)18)10-6-8(3-4-9(10)11)26(24,25)21-5-1-2-12(21)14(22)23/h5-6,9-10,15H,2-4,7-8H2,1H3,(H,22,26)(H4,20,21,23,24);3-4,6-7,12H,1-2,5H2,(H,22,23)(H4,17,18,19,20)/t15-;12-/m11/s1. The molecule has 0 saturated carbocycles. The Kier molecular flexibility index (Phi) is 12.7. The lowest BCUT2D eigenvalue weighted by Crippen LogP contribution is -2.46. The van der Waals surface area contributed by atoms with Crippen LogP contribution in [-0.2, 0) is 29.6 Å². The summed E-state index contributed by atoms with van der Waals surface area (Å²) in [6.45, 7) is 2.86. The van der Waals surface area contributed by atoms with Crippen LogP contribution in [0.1, 0.15) is 39.0 Å². The normalized spacial score (nSPS) is 17.7. The maximum Gasteiger partial charge on any atom is 0.322 e. The molecule has 2 aromatic carbocycles. The molecule has 2 atom stereocenters. The van der Waals surface area contributed by atoms with Crippen molar-refractivity contribution in [3.8, 4) is 0 Å². The molecule has 2 aliphatic rings. The van der Waals surface area contributed by atoms with Gasteiger partial charge in [0.25, 0.3) is 0 Å². The third-order valence-electron chi connectivity index (χ3n) is 8.81. The molecule has 2 aliphatic heterocycles. The smallest absolute Gasteiger partial charge is 0.322 e. The van der Waals surface area contributed by atoms with E-state index >= 15 is 0 Å². The summed E-state index contributed by atoms with van der Waals surface area (Å²) in [6, 6.07) is 6.92. The van der Waals surface area contributed by atoms with Crippen LogP contribution in [0.5, 0.6) is 0 Å². The Hall–Kier alpha value is -4.86. The number of fused-ring (bicyclic) bond motifs is 2. The molecular weight excluding hydrogens is 797 g/mol. The van der Waals surface area contributed by atoms with Gasteiger partial charge in [-0.3, -0.25) is 9.59 Å². The SMILES string of the molecule is CCCNC(=O)[C@H]1CCCN1S(=O)(=O)c1ccc2c(Cl)cnc(N=C(N)N)c2c1.NC(N)=Nc1ncc(Cl)c2ccc(S(=O)(=O)N3CCC[C@@H]3C(=O)O)cc12. The van der Waals surface area contributed by atoms with Crippen LogP contribution >= 0.6 is 23.2 Å². The van der Waals surface area contributed by atoms with Gasteiger partial charge in [0.05, 0.1) is 19.8 Å². The number of aliphatic carboxylic acids is 1. The maximum atomic E-state index is 13.3. The zero-order chi connectivity index (χ0) is 40.2. The highest BCUT2D eigenvalue weighted by Crippen LogP contribution is 2.35. The van der Waals surface area contributed by atoms with Crippen LogP contribution in [0.25, 0.3) is 21.5 Å². The van der Waals surface area contributed by atoms with Crippen LogP contribution in [0.3, 0.4) is 0 Å². The summed E-state index contributed by atoms with van der Waals surface area (Å²) in [5.74, 6) is -1.60. The van der Waals surface area contributed by atoms with Crippen molar-refractivity contribution in [2.45, 2.75) is 60.9 Å². The van der Waals surface area contributed by atoms with Gasteiger partial charge in [-0.1, -0.05) is 42.3 Å². The largest absolute Gasteiger partial charge is 0.480 e. The molecule has 0 spiro atoms. The van der Waals surface area contributed by atoms with Gasteiger partial charge >= 0.3 is 5.97 Å². The molecule has 6 rings (SSSR count). The van der Waals surface area contributed by atoms with E-state index in [1.807, 2.05) is 6.92 Å². The van der Waals surface area contributed by atoms with Crippen LogP contribution in [0.15, 0.2) is 68.6 Å². The minimum Gasteiger partial charge on any atom is -0.480 e. The minimum atomic E-state index is -4.01. The molecule has 22 heteroatoms. The molecular formula is C33H39Cl2N11O7S2. The molecule has 294 valence electrons. The monoisotopic (exact) mass is 835 g/mol. The number of nitrogens with two attached hydrogens (primary N) is 4. The second-order valence-corrected chi connectivity index (χ2v) is 17.1. The van der Waals surface area contributed by atoms with Gasteiger partial charge in [0.1, 0.15) is 12.1 Å². The molecule has 10 N–H and O–H groups in total. The lowest BCUT2D eigenvalue weighted by molar-refractivity contribution is -0.140. The molecule has 18 nitrogen and oxygen atoms in total. The van der Waals surface area contributed by atoms with E-state index in [0.29, 0.717) is 57.4 Å². The highest BCUT2D eigenvalue weighted by Gasteiger charge is 2.40. The number of carbonyl (C=O) groups is 2. The number of aliphatic imine (C=N–C) groups is 2. The van der Waals surface area contributed by atoms with Crippen molar-refractivity contribution < 1.29 is 31.5 Å². The first-order valence-corrected chi connectivity index (χ1v) is 20.5. The molecule has 4 heterocycles. The zero-order valence-electron chi connectivity index (χ0n) is 29.4. The highest BCUT2D eigenvalue weighted by molar-refractivity contribution is 7.89. The number of amides is 1. The van der Waals surface area contributed by atoms with Crippen molar-refractivity contribution in [3.05, 3.63) is 58.8 Å². The summed E-state index contributed by atoms with van der Waals surface area (Å²) in [5, 5.41) is 14.5. The lowest BCUT2D eigenvalue weighted by atomic mass is 10.1. The molecule has 0 unspecified atom stereocenters. The van der Waals surface area contributed by atoms with Crippen molar-refractivity contribution in [1.29, 1.82) is 0 Å². The average Bonchev–Trinajstić information content (AvgIpc) is 3.85. The summed E-state index contributed by atoms with van der Waals surface area (Å²) in [4.78, 5) is 39.7. The minimum absolute atomic E-state index is 0.0244. The lowest BCUT2D eigenvalue weighted by Gasteiger charge is -2.23. The second-order valence-electron chi connectivity index (χ2n) is 12.5. The Labute approximate surface area is 326 Å². The predicted molar refractivity (Wildman–Crippen MR) is 209 cm³/mol. The quantitative estimate of drug-likeness (QED) is 0.0990. The van der Waals surface area contributed by atoms with E-state index in [-0.39, 0.29) is 58.8 Å². The molecule has 0 bridgehead atoms. The van der Waals surface area contributed by atoms with E-state index in [1.165, 1.54) is 47.0 Å². The van der Waals surface area contributed by atoms with Crippen LogP contribution in [0, 0.1) is 0 Å². The molecule has 2 fully saturated rings. The average molecular weight is 837 g/mol. The van der Waals surface area contributed by atoms with Gasteiger partial charge in [-0.25, -0.2) is 26.8 Å². The van der Waals surface area contributed by atoms with Crippen LogP contribution in [-0.4, -0.2) is 96.0 Å². The zero-order valence-corrected chi connectivity index (χ0v) is 32.5. The van der Waals surface area contributed by atoms with Gasteiger partial charge in [-0.05, 0) is 56.4 Å². The number of halogens is 2. The van der Waals surface area contributed by atoms with E-state index in [9.17, 15) is 31.5 Å². The molecule has 4 aromatic rings. The van der Waals surface area contributed by atoms with E-state index in [1.54, 1.807) is 6.07 Å². The van der Waals surface area contributed by atoms with Crippen molar-refractivity contribution in [2.75, 3.05) is 19.6 Å². The van der Waals surface area contributed by atoms with E-state index < -0.39 is 38.1 Å². The number of benzene rings is 2. The first-order chi connectivity index (χ1) is 26.0. The molecule has 0 radical (unpaired) electrons. The fourth-order valence-corrected chi connectivity index (χ4v) is 10.1. The molecule has 2 saturated heterocycles. The number of hydrogen-bond donors (Lipinski definition) is 6. The van der Waals surface area contributed by atoms with Gasteiger partial charge in [0, 0.05) is 53.6 Å². The number of sulfonamides is 2. The summed E-state index contributed by atoms with van der Waals surface area (Å²) < 4.78 is 54.7. The second kappa shape index (κ2) is 16.9. The fourth-order valence-electron chi connectivity index (χ4n) is 6.29. The number of guanidine groups is 2. The number of nitrogens with one attached hydrogen (secondary N) is 1. The van der Waals surface area contributed by atoms with Crippen molar-refractivity contribution in [3.63, 3.8) is 0 Å². The first kappa shape index (κ1) is 41.3. The van der Waals surface area contributed by atoms with Gasteiger partial charge < -0.3 is 33.4 Å².